The molecule has 0 radical (unpaired) electrons. The van der Waals surface area contributed by atoms with E-state index in [0.717, 1.165) is 23.2 Å². The molecule has 5 heteroatoms. The third-order valence-corrected chi connectivity index (χ3v) is 4.21. The molecule has 1 heterocycles. The molecule has 0 fully saturated rings. The van der Waals surface area contributed by atoms with Crippen LogP contribution >= 0.6 is 0 Å². The summed E-state index contributed by atoms with van der Waals surface area (Å²) in [6.45, 7) is 3.99. The van der Waals surface area contributed by atoms with Crippen LogP contribution in [0.3, 0.4) is 0 Å². The fraction of sp³-hybridized carbons (Fsp3) is 0.286. The minimum absolute atomic E-state index is 0.356. The molecule has 0 atom stereocenters. The SMILES string of the molecule is COc1ccc2c(CN(C)CCOc3cccc(C)c3)cc(=O)oc2c1. The second kappa shape index (κ2) is 8.06. The molecule has 0 saturated heterocycles. The van der Waals surface area contributed by atoms with Gasteiger partial charge < -0.3 is 13.9 Å². The minimum Gasteiger partial charge on any atom is -0.497 e. The molecule has 2 aromatic carbocycles. The molecule has 0 amide bonds. The number of aryl methyl sites for hydroxylation is 1. The van der Waals surface area contributed by atoms with Gasteiger partial charge in [0, 0.05) is 30.6 Å². The summed E-state index contributed by atoms with van der Waals surface area (Å²) in [4.78, 5) is 14.0. The lowest BCUT2D eigenvalue weighted by Gasteiger charge is -2.18. The van der Waals surface area contributed by atoms with Gasteiger partial charge in [0.2, 0.25) is 0 Å². The number of fused-ring (bicyclic) bond motifs is 1. The molecule has 3 aromatic rings. The lowest BCUT2D eigenvalue weighted by atomic mass is 10.1. The predicted molar refractivity (Wildman–Crippen MR) is 102 cm³/mol. The average Bonchev–Trinajstić information content (AvgIpc) is 2.61. The zero-order valence-electron chi connectivity index (χ0n) is 15.3. The minimum atomic E-state index is -0.356. The molecular formula is C21H23NO4. The highest BCUT2D eigenvalue weighted by Crippen LogP contribution is 2.23. The third kappa shape index (κ3) is 4.43. The maximum atomic E-state index is 11.9. The largest absolute Gasteiger partial charge is 0.497 e. The summed E-state index contributed by atoms with van der Waals surface area (Å²) in [6, 6.07) is 15.1. The first-order valence-corrected chi connectivity index (χ1v) is 8.54. The maximum absolute atomic E-state index is 11.9. The Kier molecular flexibility index (Phi) is 5.58. The van der Waals surface area contributed by atoms with Gasteiger partial charge in [-0.25, -0.2) is 4.79 Å². The number of hydrogen-bond acceptors (Lipinski definition) is 5. The topological polar surface area (TPSA) is 51.9 Å². The molecule has 0 aliphatic carbocycles. The number of benzene rings is 2. The van der Waals surface area contributed by atoms with Crippen LogP contribution in [0.1, 0.15) is 11.1 Å². The Hall–Kier alpha value is -2.79. The van der Waals surface area contributed by atoms with Crippen LogP contribution in [0.25, 0.3) is 11.0 Å². The second-order valence-electron chi connectivity index (χ2n) is 6.36. The first-order chi connectivity index (χ1) is 12.5. The summed E-state index contributed by atoms with van der Waals surface area (Å²) < 4.78 is 16.3. The molecular weight excluding hydrogens is 330 g/mol. The van der Waals surface area contributed by atoms with Crippen LogP contribution in [-0.4, -0.2) is 32.2 Å². The van der Waals surface area contributed by atoms with Crippen LogP contribution in [0.15, 0.2) is 57.7 Å². The van der Waals surface area contributed by atoms with Crippen molar-refractivity contribution in [3.8, 4) is 11.5 Å². The first-order valence-electron chi connectivity index (χ1n) is 8.54. The smallest absolute Gasteiger partial charge is 0.336 e. The van der Waals surface area contributed by atoms with Crippen LogP contribution in [-0.2, 0) is 6.54 Å². The van der Waals surface area contributed by atoms with Crippen molar-refractivity contribution < 1.29 is 13.9 Å². The van der Waals surface area contributed by atoms with E-state index < -0.39 is 0 Å². The van der Waals surface area contributed by atoms with Gasteiger partial charge in [-0.1, -0.05) is 12.1 Å². The zero-order valence-corrected chi connectivity index (χ0v) is 15.3. The van der Waals surface area contributed by atoms with Gasteiger partial charge in [0.05, 0.1) is 7.11 Å². The molecule has 0 saturated carbocycles. The molecule has 3 rings (SSSR count). The van der Waals surface area contributed by atoms with Crippen molar-refractivity contribution in [3.05, 3.63) is 70.1 Å². The van der Waals surface area contributed by atoms with E-state index in [1.54, 1.807) is 19.2 Å². The number of likely N-dealkylation sites (N-methyl/N-ethyl adjacent to an activating group) is 1. The Bertz CT molecular complexity index is 948. The fourth-order valence-electron chi connectivity index (χ4n) is 2.86. The van der Waals surface area contributed by atoms with Crippen molar-refractivity contribution in [1.82, 2.24) is 4.90 Å². The van der Waals surface area contributed by atoms with Crippen molar-refractivity contribution in [2.45, 2.75) is 13.5 Å². The molecule has 0 aliphatic heterocycles. The summed E-state index contributed by atoms with van der Waals surface area (Å²) in [6.07, 6.45) is 0. The third-order valence-electron chi connectivity index (χ3n) is 4.21. The Morgan fingerprint density at radius 1 is 1.08 bits per heavy atom. The molecule has 0 bridgehead atoms. The molecule has 5 nitrogen and oxygen atoms in total. The highest BCUT2D eigenvalue weighted by atomic mass is 16.5. The molecule has 0 N–H and O–H groups in total. The summed E-state index contributed by atoms with van der Waals surface area (Å²) >= 11 is 0. The van der Waals surface area contributed by atoms with E-state index >= 15 is 0 Å². The summed E-state index contributed by atoms with van der Waals surface area (Å²) in [5.74, 6) is 1.54. The van der Waals surface area contributed by atoms with Gasteiger partial charge in [0.1, 0.15) is 23.7 Å². The molecule has 1 aromatic heterocycles. The summed E-state index contributed by atoms with van der Waals surface area (Å²) in [7, 11) is 3.59. The van der Waals surface area contributed by atoms with Crippen molar-refractivity contribution in [1.29, 1.82) is 0 Å². The highest BCUT2D eigenvalue weighted by Gasteiger charge is 2.09. The molecule has 136 valence electrons. The maximum Gasteiger partial charge on any atom is 0.336 e. The van der Waals surface area contributed by atoms with Crippen LogP contribution in [0.4, 0.5) is 0 Å². The lowest BCUT2D eigenvalue weighted by molar-refractivity contribution is 0.233. The van der Waals surface area contributed by atoms with Gasteiger partial charge in [-0.05, 0) is 49.4 Å². The van der Waals surface area contributed by atoms with E-state index in [1.165, 1.54) is 5.56 Å². The molecule has 0 aliphatic rings. The monoisotopic (exact) mass is 353 g/mol. The molecule has 0 spiro atoms. The van der Waals surface area contributed by atoms with Crippen molar-refractivity contribution in [2.75, 3.05) is 27.3 Å². The number of hydrogen-bond donors (Lipinski definition) is 0. The van der Waals surface area contributed by atoms with Crippen LogP contribution in [0.5, 0.6) is 11.5 Å². The van der Waals surface area contributed by atoms with E-state index in [9.17, 15) is 4.79 Å². The summed E-state index contributed by atoms with van der Waals surface area (Å²) in [5, 5.41) is 0.914. The Labute approximate surface area is 152 Å². The Morgan fingerprint density at radius 2 is 1.92 bits per heavy atom. The Balaban J connectivity index is 1.67. The predicted octanol–water partition coefficient (Wildman–Crippen LogP) is 3.62. The summed E-state index contributed by atoms with van der Waals surface area (Å²) in [5.41, 5.74) is 2.28. The molecule has 26 heavy (non-hydrogen) atoms. The van der Waals surface area contributed by atoms with E-state index in [4.69, 9.17) is 13.9 Å². The van der Waals surface area contributed by atoms with Crippen molar-refractivity contribution in [3.63, 3.8) is 0 Å². The zero-order chi connectivity index (χ0) is 18.5. The lowest BCUT2D eigenvalue weighted by Crippen LogP contribution is -2.24. The van der Waals surface area contributed by atoms with Gasteiger partial charge in [-0.15, -0.1) is 0 Å². The van der Waals surface area contributed by atoms with Crippen LogP contribution in [0, 0.1) is 6.92 Å². The molecule has 0 unspecified atom stereocenters. The van der Waals surface area contributed by atoms with Crippen LogP contribution < -0.4 is 15.1 Å². The van der Waals surface area contributed by atoms with Crippen LogP contribution in [0.2, 0.25) is 0 Å². The second-order valence-corrected chi connectivity index (χ2v) is 6.36. The Morgan fingerprint density at radius 3 is 2.69 bits per heavy atom. The van der Waals surface area contributed by atoms with Gasteiger partial charge in [-0.3, -0.25) is 4.90 Å². The van der Waals surface area contributed by atoms with Crippen molar-refractivity contribution >= 4 is 11.0 Å². The van der Waals surface area contributed by atoms with Gasteiger partial charge in [0.25, 0.3) is 0 Å². The van der Waals surface area contributed by atoms with Crippen molar-refractivity contribution in [2.24, 2.45) is 0 Å². The number of ether oxygens (including phenoxy) is 2. The van der Waals surface area contributed by atoms with E-state index in [0.29, 0.717) is 24.5 Å². The standard InChI is InChI=1S/C21H23NO4/c1-15-5-4-6-18(11-15)25-10-9-22(2)14-16-12-21(23)26-20-13-17(24-3)7-8-19(16)20/h4-8,11-13H,9-10,14H2,1-3H3. The average molecular weight is 353 g/mol. The van der Waals surface area contributed by atoms with E-state index in [2.05, 4.69) is 4.90 Å². The van der Waals surface area contributed by atoms with Gasteiger partial charge in [-0.2, -0.15) is 0 Å². The highest BCUT2D eigenvalue weighted by molar-refractivity contribution is 5.81. The van der Waals surface area contributed by atoms with E-state index in [1.807, 2.05) is 50.4 Å². The number of methoxy groups -OCH3 is 1. The van der Waals surface area contributed by atoms with Gasteiger partial charge in [0.15, 0.2) is 0 Å². The number of rotatable bonds is 7. The first kappa shape index (κ1) is 18.0. The fourth-order valence-corrected chi connectivity index (χ4v) is 2.86. The van der Waals surface area contributed by atoms with Gasteiger partial charge >= 0.3 is 5.63 Å². The quantitative estimate of drug-likeness (QED) is 0.607. The number of nitrogens with zero attached hydrogens (tertiary/aromatic N) is 1. The normalized spacial score (nSPS) is 11.1. The van der Waals surface area contributed by atoms with E-state index in [-0.39, 0.29) is 5.63 Å².